The lowest BCUT2D eigenvalue weighted by molar-refractivity contribution is 0.413. The highest BCUT2D eigenvalue weighted by Crippen LogP contribution is 2.55. The molecular formula is C13H12NO3P. The summed E-state index contributed by atoms with van der Waals surface area (Å²) >= 11 is 0. The maximum atomic E-state index is 12.3. The SMILES string of the molecule is O=P1(NCc2ccccc2)Oc2ccccc2O1. The fourth-order valence-corrected chi connectivity index (χ4v) is 3.09. The monoisotopic (exact) mass is 261 g/mol. The zero-order valence-corrected chi connectivity index (χ0v) is 10.5. The van der Waals surface area contributed by atoms with Crippen molar-refractivity contribution in [3.63, 3.8) is 0 Å². The molecule has 0 spiro atoms. The zero-order chi connectivity index (χ0) is 12.4. The zero-order valence-electron chi connectivity index (χ0n) is 9.58. The average Bonchev–Trinajstić information content (AvgIpc) is 2.74. The Morgan fingerprint density at radius 3 is 2.06 bits per heavy atom. The van der Waals surface area contributed by atoms with Gasteiger partial charge in [0.1, 0.15) is 0 Å². The number of fused-ring (bicyclic) bond motifs is 1. The molecule has 0 saturated carbocycles. The summed E-state index contributed by atoms with van der Waals surface area (Å²) in [5.41, 5.74) is 1.02. The summed E-state index contributed by atoms with van der Waals surface area (Å²) in [6.07, 6.45) is 0. The fourth-order valence-electron chi connectivity index (χ4n) is 1.73. The molecule has 3 rings (SSSR count). The Morgan fingerprint density at radius 1 is 0.889 bits per heavy atom. The molecule has 1 aliphatic heterocycles. The van der Waals surface area contributed by atoms with E-state index in [2.05, 4.69) is 5.09 Å². The van der Waals surface area contributed by atoms with Gasteiger partial charge in [0, 0.05) is 6.54 Å². The molecule has 1 aliphatic rings. The minimum absolute atomic E-state index is 0.437. The van der Waals surface area contributed by atoms with Gasteiger partial charge in [0.25, 0.3) is 0 Å². The van der Waals surface area contributed by atoms with Crippen LogP contribution < -0.4 is 14.1 Å². The van der Waals surface area contributed by atoms with Crippen molar-refractivity contribution >= 4 is 7.75 Å². The first-order chi connectivity index (χ1) is 8.75. The third-order valence-corrected chi connectivity index (χ3v) is 4.03. The average molecular weight is 261 g/mol. The lowest BCUT2D eigenvalue weighted by atomic mass is 10.2. The second kappa shape index (κ2) is 4.48. The third-order valence-electron chi connectivity index (χ3n) is 2.61. The van der Waals surface area contributed by atoms with Crippen LogP contribution in [-0.2, 0) is 11.1 Å². The van der Waals surface area contributed by atoms with Crippen molar-refractivity contribution in [2.75, 3.05) is 0 Å². The van der Waals surface area contributed by atoms with E-state index in [1.54, 1.807) is 12.1 Å². The Hall–Kier alpha value is -1.77. The molecule has 92 valence electrons. The number of hydrogen-bond donors (Lipinski definition) is 1. The lowest BCUT2D eigenvalue weighted by Gasteiger charge is -2.11. The van der Waals surface area contributed by atoms with E-state index in [0.29, 0.717) is 18.0 Å². The van der Waals surface area contributed by atoms with Gasteiger partial charge >= 0.3 is 7.75 Å². The number of para-hydroxylation sites is 2. The van der Waals surface area contributed by atoms with Gasteiger partial charge in [-0.15, -0.1) is 0 Å². The van der Waals surface area contributed by atoms with Crippen molar-refractivity contribution in [1.82, 2.24) is 5.09 Å². The molecule has 1 heterocycles. The van der Waals surface area contributed by atoms with Crippen molar-refractivity contribution < 1.29 is 13.6 Å². The summed E-state index contributed by atoms with van der Waals surface area (Å²) in [5, 5.41) is 2.83. The van der Waals surface area contributed by atoms with Crippen LogP contribution in [0.3, 0.4) is 0 Å². The van der Waals surface area contributed by atoms with Crippen LogP contribution in [0.15, 0.2) is 54.6 Å². The highest BCUT2D eigenvalue weighted by atomic mass is 31.2. The van der Waals surface area contributed by atoms with Crippen LogP contribution in [0.1, 0.15) is 5.56 Å². The third kappa shape index (κ3) is 2.26. The van der Waals surface area contributed by atoms with E-state index < -0.39 is 7.75 Å². The second-order valence-corrected chi connectivity index (χ2v) is 5.62. The van der Waals surface area contributed by atoms with Gasteiger partial charge in [0.05, 0.1) is 0 Å². The van der Waals surface area contributed by atoms with Crippen molar-refractivity contribution in [3.05, 3.63) is 60.2 Å². The molecule has 0 radical (unpaired) electrons. The van der Waals surface area contributed by atoms with Crippen molar-refractivity contribution in [1.29, 1.82) is 0 Å². The van der Waals surface area contributed by atoms with Crippen LogP contribution in [0.5, 0.6) is 11.5 Å². The van der Waals surface area contributed by atoms with Crippen LogP contribution in [0.25, 0.3) is 0 Å². The molecule has 0 fully saturated rings. The van der Waals surface area contributed by atoms with Gasteiger partial charge in [0.2, 0.25) is 0 Å². The highest BCUT2D eigenvalue weighted by molar-refractivity contribution is 7.52. The fraction of sp³-hybridized carbons (Fsp3) is 0.0769. The molecule has 0 atom stereocenters. The maximum absolute atomic E-state index is 12.3. The van der Waals surface area contributed by atoms with Gasteiger partial charge < -0.3 is 9.05 Å². The number of hydrogen-bond acceptors (Lipinski definition) is 3. The largest absolute Gasteiger partial charge is 0.513 e. The predicted octanol–water partition coefficient (Wildman–Crippen LogP) is 3.36. The Balaban J connectivity index is 1.70. The first kappa shape index (κ1) is 11.3. The smallest absolute Gasteiger partial charge is 0.401 e. The van der Waals surface area contributed by atoms with Gasteiger partial charge in [-0.1, -0.05) is 42.5 Å². The number of rotatable bonds is 3. The first-order valence-electron chi connectivity index (χ1n) is 5.62. The molecule has 0 saturated heterocycles. The van der Waals surface area contributed by atoms with Crippen LogP contribution in [0.4, 0.5) is 0 Å². The molecule has 5 heteroatoms. The van der Waals surface area contributed by atoms with E-state index in [1.807, 2.05) is 42.5 Å². The molecule has 0 bridgehead atoms. The Morgan fingerprint density at radius 2 is 1.44 bits per heavy atom. The second-order valence-electron chi connectivity index (χ2n) is 3.95. The quantitative estimate of drug-likeness (QED) is 0.861. The molecule has 2 aromatic rings. The molecule has 0 unspecified atom stereocenters. The summed E-state index contributed by atoms with van der Waals surface area (Å²) in [4.78, 5) is 0. The predicted molar refractivity (Wildman–Crippen MR) is 68.6 cm³/mol. The molecule has 4 nitrogen and oxygen atoms in total. The number of nitrogens with one attached hydrogen (secondary N) is 1. The number of benzene rings is 2. The highest BCUT2D eigenvalue weighted by Gasteiger charge is 2.36. The van der Waals surface area contributed by atoms with Gasteiger partial charge in [-0.2, -0.15) is 5.09 Å². The molecule has 2 aromatic carbocycles. The molecule has 1 N–H and O–H groups in total. The standard InChI is InChI=1S/C13H12NO3P/c15-18(14-10-11-6-2-1-3-7-11)16-12-8-4-5-9-13(12)17-18/h1-9H,10H2,(H,14,15). The van der Waals surface area contributed by atoms with E-state index in [4.69, 9.17) is 9.05 Å². The van der Waals surface area contributed by atoms with Crippen molar-refractivity contribution in [3.8, 4) is 11.5 Å². The minimum atomic E-state index is -3.27. The summed E-state index contributed by atoms with van der Waals surface area (Å²) < 4.78 is 23.0. The van der Waals surface area contributed by atoms with Gasteiger partial charge in [0.15, 0.2) is 11.5 Å². The Bertz CT molecular complexity index is 571. The molecule has 0 aliphatic carbocycles. The van der Waals surface area contributed by atoms with Crippen LogP contribution in [-0.4, -0.2) is 0 Å². The van der Waals surface area contributed by atoms with Gasteiger partial charge in [-0.3, -0.25) is 0 Å². The molecular weight excluding hydrogens is 249 g/mol. The van der Waals surface area contributed by atoms with Crippen LogP contribution >= 0.6 is 7.75 Å². The minimum Gasteiger partial charge on any atom is -0.401 e. The normalized spacial score (nSPS) is 15.6. The Labute approximate surface area is 105 Å². The van der Waals surface area contributed by atoms with E-state index in [1.165, 1.54) is 0 Å². The van der Waals surface area contributed by atoms with Crippen molar-refractivity contribution in [2.45, 2.75) is 6.54 Å². The first-order valence-corrected chi connectivity index (χ1v) is 7.17. The summed E-state index contributed by atoms with van der Waals surface area (Å²) in [5.74, 6) is 1.03. The van der Waals surface area contributed by atoms with Gasteiger partial charge in [-0.25, -0.2) is 4.57 Å². The Kier molecular flexibility index (Phi) is 2.82. The molecule has 0 amide bonds. The molecule has 18 heavy (non-hydrogen) atoms. The maximum Gasteiger partial charge on any atom is 0.513 e. The van der Waals surface area contributed by atoms with E-state index in [-0.39, 0.29) is 0 Å². The van der Waals surface area contributed by atoms with Crippen molar-refractivity contribution in [2.24, 2.45) is 0 Å². The van der Waals surface area contributed by atoms with E-state index in [9.17, 15) is 4.57 Å². The van der Waals surface area contributed by atoms with E-state index in [0.717, 1.165) is 5.56 Å². The van der Waals surface area contributed by atoms with Crippen LogP contribution in [0.2, 0.25) is 0 Å². The summed E-state index contributed by atoms with van der Waals surface area (Å²) in [6.45, 7) is 0.437. The lowest BCUT2D eigenvalue weighted by Crippen LogP contribution is -2.14. The topological polar surface area (TPSA) is 47.6 Å². The summed E-state index contributed by atoms with van der Waals surface area (Å²) in [7, 11) is -3.27. The summed E-state index contributed by atoms with van der Waals surface area (Å²) in [6, 6.07) is 16.8. The molecule has 0 aromatic heterocycles. The van der Waals surface area contributed by atoms with Crippen LogP contribution in [0, 0.1) is 0 Å². The van der Waals surface area contributed by atoms with E-state index >= 15 is 0 Å². The van der Waals surface area contributed by atoms with Gasteiger partial charge in [-0.05, 0) is 17.7 Å².